The van der Waals surface area contributed by atoms with Gasteiger partial charge in [0.05, 0.1) is 20.8 Å². The molecule has 0 aliphatic heterocycles. The first-order chi connectivity index (χ1) is 13.1. The first kappa shape index (κ1) is 19.8. The van der Waals surface area contributed by atoms with E-state index in [4.69, 9.17) is 10.7 Å². The summed E-state index contributed by atoms with van der Waals surface area (Å²) < 4.78 is 1.34. The average molecular weight is 382 g/mol. The maximum Gasteiger partial charge on any atom is 0.0819 e. The Kier molecular flexibility index (Phi) is 6.84. The van der Waals surface area contributed by atoms with Crippen LogP contribution < -0.4 is 5.73 Å². The summed E-state index contributed by atoms with van der Waals surface area (Å²) in [7, 11) is 0. The molecule has 3 rings (SSSR count). The van der Waals surface area contributed by atoms with Gasteiger partial charge in [-0.3, -0.25) is 9.98 Å². The van der Waals surface area contributed by atoms with E-state index in [1.165, 1.54) is 47.2 Å². The third-order valence-electron chi connectivity index (χ3n) is 5.43. The molecule has 0 spiro atoms. The Bertz CT molecular complexity index is 869. The van der Waals surface area contributed by atoms with Crippen LogP contribution in [0.3, 0.4) is 0 Å². The Hall–Kier alpha value is -1.94. The summed E-state index contributed by atoms with van der Waals surface area (Å²) in [6.07, 6.45) is 14.3. The van der Waals surface area contributed by atoms with Crippen LogP contribution >= 0.6 is 11.3 Å². The maximum absolute atomic E-state index is 6.25. The highest BCUT2D eigenvalue weighted by molar-refractivity contribution is 7.21. The lowest BCUT2D eigenvalue weighted by Gasteiger charge is -2.25. The zero-order valence-electron chi connectivity index (χ0n) is 16.8. The molecule has 0 aromatic carbocycles. The van der Waals surface area contributed by atoms with Gasteiger partial charge in [0, 0.05) is 18.1 Å². The Labute approximate surface area is 167 Å². The van der Waals surface area contributed by atoms with Crippen LogP contribution in [0.2, 0.25) is 0 Å². The van der Waals surface area contributed by atoms with Crippen LogP contribution in [0.25, 0.3) is 10.2 Å². The van der Waals surface area contributed by atoms with Crippen molar-refractivity contribution in [3.05, 3.63) is 52.3 Å². The number of aromatic nitrogens is 1. The molecule has 1 saturated carbocycles. The van der Waals surface area contributed by atoms with Crippen LogP contribution in [-0.2, 0) is 0 Å². The van der Waals surface area contributed by atoms with Crippen LogP contribution in [0.5, 0.6) is 0 Å². The Morgan fingerprint density at radius 3 is 2.85 bits per heavy atom. The van der Waals surface area contributed by atoms with Gasteiger partial charge in [0.1, 0.15) is 0 Å². The molecule has 3 nitrogen and oxygen atoms in total. The molecule has 144 valence electrons. The third-order valence-corrected chi connectivity index (χ3v) is 6.71. The quantitative estimate of drug-likeness (QED) is 0.314. The number of nitrogens with zero attached hydrogens (tertiary/aromatic N) is 2. The van der Waals surface area contributed by atoms with Crippen molar-refractivity contribution in [2.75, 3.05) is 0 Å². The summed E-state index contributed by atoms with van der Waals surface area (Å²) in [5.41, 5.74) is 11.8. The van der Waals surface area contributed by atoms with E-state index in [0.717, 1.165) is 41.3 Å². The van der Waals surface area contributed by atoms with Crippen molar-refractivity contribution in [2.45, 2.75) is 71.6 Å². The number of hydrogen-bond donors (Lipinski definition) is 1. The van der Waals surface area contributed by atoms with Crippen molar-refractivity contribution in [1.29, 1.82) is 0 Å². The fourth-order valence-corrected chi connectivity index (χ4v) is 4.54. The molecule has 0 saturated heterocycles. The van der Waals surface area contributed by atoms with Gasteiger partial charge in [0.2, 0.25) is 0 Å². The highest BCUT2D eigenvalue weighted by Gasteiger charge is 2.22. The number of aliphatic imine (C=N–C) groups is 1. The molecule has 2 aromatic heterocycles. The molecular weight excluding hydrogens is 350 g/mol. The smallest absolute Gasteiger partial charge is 0.0819 e. The molecule has 27 heavy (non-hydrogen) atoms. The molecular formula is C23H31N3S. The summed E-state index contributed by atoms with van der Waals surface area (Å²) in [4.78, 5) is 10.5. The van der Waals surface area contributed by atoms with Crippen LogP contribution in [0.4, 0.5) is 0 Å². The lowest BCUT2D eigenvalue weighted by molar-refractivity contribution is 0.422. The molecule has 2 heterocycles. The van der Waals surface area contributed by atoms with E-state index in [9.17, 15) is 0 Å². The van der Waals surface area contributed by atoms with Gasteiger partial charge >= 0.3 is 0 Å². The van der Waals surface area contributed by atoms with Crippen molar-refractivity contribution in [3.63, 3.8) is 0 Å². The first-order valence-corrected chi connectivity index (χ1v) is 11.0. The first-order valence-electron chi connectivity index (χ1n) is 10.2. The average Bonchev–Trinajstić information content (AvgIpc) is 3.06. The van der Waals surface area contributed by atoms with Gasteiger partial charge in [-0.2, -0.15) is 0 Å². The Morgan fingerprint density at radius 2 is 2.19 bits per heavy atom. The Balaban J connectivity index is 1.83. The van der Waals surface area contributed by atoms with Crippen molar-refractivity contribution in [3.8, 4) is 0 Å². The van der Waals surface area contributed by atoms with E-state index in [-0.39, 0.29) is 0 Å². The number of allylic oxidation sites excluding steroid dienone is 2. The Morgan fingerprint density at radius 1 is 1.37 bits per heavy atom. The minimum atomic E-state index is 0.721. The standard InChI is InChI=1S/C23H31N3S/c1-4-6-7-11-20(24)17(5-2)15-26-16(3)22-14-21-23(27-22)19(12-13-25-21)18-9-8-10-18/h11-15,18H,4-10,24H2,1-3H3/b17-15+,20-11+,26-16?. The molecule has 0 atom stereocenters. The van der Waals surface area contributed by atoms with Crippen molar-refractivity contribution >= 4 is 27.3 Å². The van der Waals surface area contributed by atoms with E-state index in [1.54, 1.807) is 0 Å². The van der Waals surface area contributed by atoms with Crippen LogP contribution in [-0.4, -0.2) is 10.7 Å². The van der Waals surface area contributed by atoms with Gasteiger partial charge in [-0.1, -0.05) is 39.2 Å². The maximum atomic E-state index is 6.25. The van der Waals surface area contributed by atoms with Gasteiger partial charge in [-0.05, 0) is 61.8 Å². The second-order valence-corrected chi connectivity index (χ2v) is 8.43. The number of unbranched alkanes of at least 4 members (excludes halogenated alkanes) is 2. The molecule has 0 unspecified atom stereocenters. The van der Waals surface area contributed by atoms with E-state index < -0.39 is 0 Å². The van der Waals surface area contributed by atoms with Crippen LogP contribution in [0, 0.1) is 0 Å². The largest absolute Gasteiger partial charge is 0.399 e. The number of nitrogens with two attached hydrogens (primary N) is 1. The second-order valence-electron chi connectivity index (χ2n) is 7.38. The number of pyridine rings is 1. The monoisotopic (exact) mass is 381 g/mol. The lowest BCUT2D eigenvalue weighted by Crippen LogP contribution is -2.08. The van der Waals surface area contributed by atoms with Crippen molar-refractivity contribution in [1.82, 2.24) is 4.98 Å². The molecule has 2 aromatic rings. The summed E-state index contributed by atoms with van der Waals surface area (Å²) in [6, 6.07) is 4.39. The van der Waals surface area contributed by atoms with Gasteiger partial charge in [-0.15, -0.1) is 11.3 Å². The SMILES string of the molecule is CCCC/C=C(N)\C(=C\N=C(C)c1cc2nccc(C3CCC3)c2s1)CC. The summed E-state index contributed by atoms with van der Waals surface area (Å²) in [5.74, 6) is 0.721. The van der Waals surface area contributed by atoms with Crippen molar-refractivity contribution in [2.24, 2.45) is 10.7 Å². The highest BCUT2D eigenvalue weighted by atomic mass is 32.1. The van der Waals surface area contributed by atoms with Gasteiger partial charge in [0.25, 0.3) is 0 Å². The van der Waals surface area contributed by atoms with Gasteiger partial charge in [0.15, 0.2) is 0 Å². The predicted molar refractivity (Wildman–Crippen MR) is 119 cm³/mol. The molecule has 2 N–H and O–H groups in total. The predicted octanol–water partition coefficient (Wildman–Crippen LogP) is 6.70. The zero-order valence-corrected chi connectivity index (χ0v) is 17.6. The molecule has 0 radical (unpaired) electrons. The van der Waals surface area contributed by atoms with Gasteiger partial charge < -0.3 is 5.73 Å². The van der Waals surface area contributed by atoms with E-state index in [0.29, 0.717) is 0 Å². The molecule has 0 bridgehead atoms. The number of rotatable bonds is 8. The molecule has 1 aliphatic carbocycles. The normalized spacial score (nSPS) is 16.8. The molecule has 1 aliphatic rings. The van der Waals surface area contributed by atoms with Crippen LogP contribution in [0.15, 0.2) is 46.9 Å². The van der Waals surface area contributed by atoms with Gasteiger partial charge in [-0.25, -0.2) is 0 Å². The summed E-state index contributed by atoms with van der Waals surface area (Å²) in [5, 5.41) is 0. The minimum Gasteiger partial charge on any atom is -0.399 e. The third kappa shape index (κ3) is 4.67. The van der Waals surface area contributed by atoms with Crippen LogP contribution in [0.1, 0.15) is 82.1 Å². The molecule has 4 heteroatoms. The van der Waals surface area contributed by atoms with E-state index in [1.807, 2.05) is 23.7 Å². The highest BCUT2D eigenvalue weighted by Crippen LogP contribution is 2.41. The number of fused-ring (bicyclic) bond motifs is 1. The zero-order chi connectivity index (χ0) is 19.2. The topological polar surface area (TPSA) is 51.3 Å². The minimum absolute atomic E-state index is 0.721. The van der Waals surface area contributed by atoms with E-state index >= 15 is 0 Å². The fraction of sp³-hybridized carbons (Fsp3) is 0.478. The molecule has 1 fully saturated rings. The molecule has 0 amide bonds. The van der Waals surface area contributed by atoms with E-state index in [2.05, 4.69) is 44.0 Å². The summed E-state index contributed by atoms with van der Waals surface area (Å²) >= 11 is 1.83. The lowest BCUT2D eigenvalue weighted by atomic mass is 9.80. The fourth-order valence-electron chi connectivity index (χ4n) is 3.38. The summed E-state index contributed by atoms with van der Waals surface area (Å²) in [6.45, 7) is 6.41. The van der Waals surface area contributed by atoms with Crippen molar-refractivity contribution < 1.29 is 0 Å². The number of thiophene rings is 1. The second kappa shape index (κ2) is 9.32. The number of hydrogen-bond acceptors (Lipinski definition) is 4.